The van der Waals surface area contributed by atoms with Crippen molar-refractivity contribution in [2.75, 3.05) is 11.8 Å². The molecule has 20 heavy (non-hydrogen) atoms. The van der Waals surface area contributed by atoms with Crippen LogP contribution in [0.2, 0.25) is 0 Å². The molecule has 0 spiro atoms. The van der Waals surface area contributed by atoms with Gasteiger partial charge >= 0.3 is 0 Å². The summed E-state index contributed by atoms with van der Waals surface area (Å²) in [5, 5.41) is 2.80. The van der Waals surface area contributed by atoms with E-state index in [2.05, 4.69) is 26.0 Å². The van der Waals surface area contributed by atoms with Crippen molar-refractivity contribution in [1.82, 2.24) is 5.32 Å². The SMILES string of the molecule is CNCc1ccc(S(=O)(=O)Nc2cc(C)ccc2Br)o1. The third-order valence-corrected chi connectivity index (χ3v) is 4.55. The zero-order chi connectivity index (χ0) is 14.8. The molecule has 5 nitrogen and oxygen atoms in total. The summed E-state index contributed by atoms with van der Waals surface area (Å²) in [4.78, 5) is 0. The molecular weight excluding hydrogens is 344 g/mol. The molecule has 0 fully saturated rings. The molecule has 0 amide bonds. The molecule has 0 atom stereocenters. The molecule has 2 aromatic rings. The molecule has 0 aliphatic carbocycles. The lowest BCUT2D eigenvalue weighted by Gasteiger charge is -2.08. The number of halogens is 1. The molecule has 0 unspecified atom stereocenters. The first-order chi connectivity index (χ1) is 9.42. The van der Waals surface area contributed by atoms with Crippen LogP contribution >= 0.6 is 15.9 Å². The Morgan fingerprint density at radius 3 is 2.70 bits per heavy atom. The Kier molecular flexibility index (Phi) is 4.52. The highest BCUT2D eigenvalue weighted by Gasteiger charge is 2.20. The van der Waals surface area contributed by atoms with Gasteiger partial charge in [0, 0.05) is 4.47 Å². The molecule has 1 aromatic carbocycles. The summed E-state index contributed by atoms with van der Waals surface area (Å²) in [7, 11) is -1.96. The summed E-state index contributed by atoms with van der Waals surface area (Å²) in [6.45, 7) is 2.37. The molecule has 1 aromatic heterocycles. The normalized spacial score (nSPS) is 11.6. The summed E-state index contributed by atoms with van der Waals surface area (Å²) in [6, 6.07) is 8.51. The van der Waals surface area contributed by atoms with Crippen molar-refractivity contribution < 1.29 is 12.8 Å². The fourth-order valence-corrected chi connectivity index (χ4v) is 3.18. The molecule has 0 bridgehead atoms. The monoisotopic (exact) mass is 358 g/mol. The lowest BCUT2D eigenvalue weighted by Crippen LogP contribution is -2.12. The quantitative estimate of drug-likeness (QED) is 0.861. The van der Waals surface area contributed by atoms with Gasteiger partial charge in [-0.25, -0.2) is 0 Å². The molecule has 2 rings (SSSR count). The van der Waals surface area contributed by atoms with Gasteiger partial charge in [0.15, 0.2) is 0 Å². The maximum absolute atomic E-state index is 12.2. The number of benzene rings is 1. The average Bonchev–Trinajstić information content (AvgIpc) is 2.83. The Balaban J connectivity index is 2.28. The number of rotatable bonds is 5. The second-order valence-electron chi connectivity index (χ2n) is 4.34. The first-order valence-electron chi connectivity index (χ1n) is 5.94. The number of anilines is 1. The third-order valence-electron chi connectivity index (χ3n) is 2.62. The van der Waals surface area contributed by atoms with Crippen LogP contribution in [0.15, 0.2) is 44.3 Å². The van der Waals surface area contributed by atoms with Gasteiger partial charge in [-0.05, 0) is 59.7 Å². The highest BCUT2D eigenvalue weighted by Crippen LogP contribution is 2.26. The zero-order valence-corrected chi connectivity index (χ0v) is 13.5. The van der Waals surface area contributed by atoms with E-state index in [1.807, 2.05) is 13.0 Å². The first kappa shape index (κ1) is 15.1. The molecule has 0 saturated heterocycles. The van der Waals surface area contributed by atoms with Crippen molar-refractivity contribution in [3.63, 3.8) is 0 Å². The van der Waals surface area contributed by atoms with Gasteiger partial charge in [-0.3, -0.25) is 4.72 Å². The summed E-state index contributed by atoms with van der Waals surface area (Å²) in [5.74, 6) is 0.566. The summed E-state index contributed by atoms with van der Waals surface area (Å²) < 4.78 is 33.0. The predicted octanol–water partition coefficient (Wildman–Crippen LogP) is 2.87. The van der Waals surface area contributed by atoms with Crippen molar-refractivity contribution >= 4 is 31.6 Å². The Bertz CT molecular complexity index is 710. The lowest BCUT2D eigenvalue weighted by molar-refractivity contribution is 0.408. The lowest BCUT2D eigenvalue weighted by atomic mass is 10.2. The first-order valence-corrected chi connectivity index (χ1v) is 8.22. The van der Waals surface area contributed by atoms with Gasteiger partial charge in [-0.2, -0.15) is 8.42 Å². The molecular formula is C13H15BrN2O3S. The summed E-state index contributed by atoms with van der Waals surface area (Å²) in [5.41, 5.74) is 1.44. The van der Waals surface area contributed by atoms with E-state index in [9.17, 15) is 8.42 Å². The second kappa shape index (κ2) is 5.99. The van der Waals surface area contributed by atoms with E-state index < -0.39 is 10.0 Å². The Morgan fingerprint density at radius 2 is 2.00 bits per heavy atom. The van der Waals surface area contributed by atoms with Crippen LogP contribution in [0.4, 0.5) is 5.69 Å². The highest BCUT2D eigenvalue weighted by molar-refractivity contribution is 9.10. The van der Waals surface area contributed by atoms with Crippen molar-refractivity contribution in [3.8, 4) is 0 Å². The summed E-state index contributed by atoms with van der Waals surface area (Å²) in [6.07, 6.45) is 0. The molecule has 7 heteroatoms. The number of sulfonamides is 1. The summed E-state index contributed by atoms with van der Waals surface area (Å²) >= 11 is 3.32. The van der Waals surface area contributed by atoms with Gasteiger partial charge in [-0.15, -0.1) is 0 Å². The molecule has 0 aliphatic heterocycles. The molecule has 0 saturated carbocycles. The highest BCUT2D eigenvalue weighted by atomic mass is 79.9. The Morgan fingerprint density at radius 1 is 1.25 bits per heavy atom. The van der Waals surface area contributed by atoms with Crippen molar-refractivity contribution in [1.29, 1.82) is 0 Å². The number of aryl methyl sites for hydroxylation is 1. The van der Waals surface area contributed by atoms with Crippen LogP contribution in [0, 0.1) is 6.92 Å². The number of furan rings is 1. The van der Waals surface area contributed by atoms with Crippen molar-refractivity contribution in [3.05, 3.63) is 46.1 Å². The average molecular weight is 359 g/mol. The second-order valence-corrected chi connectivity index (χ2v) is 6.81. The van der Waals surface area contributed by atoms with Gasteiger partial charge in [-0.1, -0.05) is 6.07 Å². The Labute approximate surface area is 126 Å². The van der Waals surface area contributed by atoms with E-state index in [1.165, 1.54) is 6.07 Å². The van der Waals surface area contributed by atoms with Crippen LogP contribution in [0.25, 0.3) is 0 Å². The number of hydrogen-bond donors (Lipinski definition) is 2. The van der Waals surface area contributed by atoms with Crippen LogP contribution in [0.5, 0.6) is 0 Å². The van der Waals surface area contributed by atoms with E-state index >= 15 is 0 Å². The topological polar surface area (TPSA) is 71.3 Å². The number of hydrogen-bond acceptors (Lipinski definition) is 4. The maximum Gasteiger partial charge on any atom is 0.295 e. The fraction of sp³-hybridized carbons (Fsp3) is 0.231. The van der Waals surface area contributed by atoms with Crippen LogP contribution in [-0.4, -0.2) is 15.5 Å². The van der Waals surface area contributed by atoms with Gasteiger partial charge < -0.3 is 9.73 Å². The van der Waals surface area contributed by atoms with Crippen molar-refractivity contribution in [2.24, 2.45) is 0 Å². The van der Waals surface area contributed by atoms with Crippen LogP contribution in [0.1, 0.15) is 11.3 Å². The largest absolute Gasteiger partial charge is 0.446 e. The minimum absolute atomic E-state index is 0.101. The molecule has 2 N–H and O–H groups in total. The third kappa shape index (κ3) is 3.41. The van der Waals surface area contributed by atoms with E-state index in [1.54, 1.807) is 25.2 Å². The van der Waals surface area contributed by atoms with E-state index in [4.69, 9.17) is 4.42 Å². The molecule has 1 heterocycles. The zero-order valence-electron chi connectivity index (χ0n) is 11.1. The van der Waals surface area contributed by atoms with Crippen molar-refractivity contribution in [2.45, 2.75) is 18.6 Å². The predicted molar refractivity (Wildman–Crippen MR) is 81.2 cm³/mol. The van der Waals surface area contributed by atoms with Crippen LogP contribution in [0.3, 0.4) is 0 Å². The van der Waals surface area contributed by atoms with Gasteiger partial charge in [0.2, 0.25) is 5.09 Å². The minimum Gasteiger partial charge on any atom is -0.446 e. The van der Waals surface area contributed by atoms with Gasteiger partial charge in [0.1, 0.15) is 5.76 Å². The Hall–Kier alpha value is -1.31. The molecule has 0 radical (unpaired) electrons. The van der Waals surface area contributed by atoms with E-state index in [0.29, 0.717) is 22.5 Å². The standard InChI is InChI=1S/C13H15BrN2O3S/c1-9-3-5-11(14)12(7-9)16-20(17,18)13-6-4-10(19-13)8-15-2/h3-7,15-16H,8H2,1-2H3. The fourth-order valence-electron chi connectivity index (χ4n) is 1.68. The van der Waals surface area contributed by atoms with E-state index in [0.717, 1.165) is 5.56 Å². The van der Waals surface area contributed by atoms with E-state index in [-0.39, 0.29) is 5.09 Å². The maximum atomic E-state index is 12.2. The van der Waals surface area contributed by atoms with Crippen LogP contribution in [-0.2, 0) is 16.6 Å². The number of nitrogens with one attached hydrogen (secondary N) is 2. The van der Waals surface area contributed by atoms with Gasteiger partial charge in [0.25, 0.3) is 10.0 Å². The van der Waals surface area contributed by atoms with Crippen LogP contribution < -0.4 is 10.0 Å². The van der Waals surface area contributed by atoms with Gasteiger partial charge in [0.05, 0.1) is 12.2 Å². The minimum atomic E-state index is -3.72. The molecule has 0 aliphatic rings. The smallest absolute Gasteiger partial charge is 0.295 e. The molecule has 108 valence electrons.